The van der Waals surface area contributed by atoms with Gasteiger partial charge >= 0.3 is 0 Å². The normalized spacial score (nSPS) is 16.9. The van der Waals surface area contributed by atoms with Gasteiger partial charge in [0, 0.05) is 5.92 Å². The zero-order valence-corrected chi connectivity index (χ0v) is 10.8. The number of hydrogen-bond acceptors (Lipinski definition) is 3. The van der Waals surface area contributed by atoms with Gasteiger partial charge < -0.3 is 9.73 Å². The highest BCUT2D eigenvalue weighted by molar-refractivity contribution is 6.33. The summed E-state index contributed by atoms with van der Waals surface area (Å²) in [6.07, 6.45) is 4.06. The predicted molar refractivity (Wildman–Crippen MR) is 71.8 cm³/mol. The highest BCUT2D eigenvalue weighted by atomic mass is 35.5. The molecule has 0 amide bonds. The van der Waals surface area contributed by atoms with E-state index in [1.165, 1.54) is 0 Å². The minimum Gasteiger partial charge on any atom is -0.441 e. The van der Waals surface area contributed by atoms with E-state index in [1.807, 2.05) is 30.5 Å². The van der Waals surface area contributed by atoms with Crippen molar-refractivity contribution < 1.29 is 4.42 Å². The Labute approximate surface area is 111 Å². The molecule has 0 aliphatic carbocycles. The SMILES string of the molecule is Clc1ccccc1-c1ncc(C2CCNCC2)o1. The molecule has 3 rings (SSSR count). The molecule has 0 unspecified atom stereocenters. The highest BCUT2D eigenvalue weighted by Crippen LogP contribution is 2.31. The van der Waals surface area contributed by atoms with Crippen molar-refractivity contribution in [1.82, 2.24) is 10.3 Å². The minimum absolute atomic E-state index is 0.481. The van der Waals surface area contributed by atoms with Gasteiger partial charge in [-0.15, -0.1) is 0 Å². The molecule has 4 heteroatoms. The average molecular weight is 263 g/mol. The number of halogens is 1. The number of piperidine rings is 1. The molecule has 1 aromatic heterocycles. The maximum atomic E-state index is 6.14. The molecule has 1 aliphatic rings. The second kappa shape index (κ2) is 5.12. The first-order chi connectivity index (χ1) is 8.84. The van der Waals surface area contributed by atoms with E-state index < -0.39 is 0 Å². The standard InChI is InChI=1S/C14H15ClN2O/c15-12-4-2-1-3-11(12)14-17-9-13(18-14)10-5-7-16-8-6-10/h1-4,9-10,16H,5-8H2. The molecule has 0 atom stereocenters. The van der Waals surface area contributed by atoms with Crippen LogP contribution in [0.2, 0.25) is 5.02 Å². The zero-order chi connectivity index (χ0) is 12.4. The van der Waals surface area contributed by atoms with E-state index in [-0.39, 0.29) is 0 Å². The van der Waals surface area contributed by atoms with E-state index >= 15 is 0 Å². The van der Waals surface area contributed by atoms with Crippen molar-refractivity contribution in [3.8, 4) is 11.5 Å². The lowest BCUT2D eigenvalue weighted by atomic mass is 9.96. The number of rotatable bonds is 2. The average Bonchev–Trinajstić information content (AvgIpc) is 2.90. The lowest BCUT2D eigenvalue weighted by Crippen LogP contribution is -2.26. The first-order valence-electron chi connectivity index (χ1n) is 6.26. The summed E-state index contributed by atoms with van der Waals surface area (Å²) in [4.78, 5) is 4.35. The van der Waals surface area contributed by atoms with Gasteiger partial charge in [0.1, 0.15) is 5.76 Å². The Morgan fingerprint density at radius 2 is 2.00 bits per heavy atom. The summed E-state index contributed by atoms with van der Waals surface area (Å²) in [5.41, 5.74) is 0.861. The van der Waals surface area contributed by atoms with Crippen LogP contribution in [0.3, 0.4) is 0 Å². The van der Waals surface area contributed by atoms with Crippen LogP contribution >= 0.6 is 11.6 Å². The molecule has 0 spiro atoms. The Balaban J connectivity index is 1.87. The van der Waals surface area contributed by atoms with Crippen molar-refractivity contribution in [1.29, 1.82) is 0 Å². The molecule has 0 bridgehead atoms. The number of nitrogens with one attached hydrogen (secondary N) is 1. The minimum atomic E-state index is 0.481. The quantitative estimate of drug-likeness (QED) is 0.901. The third-order valence-electron chi connectivity index (χ3n) is 3.37. The summed E-state index contributed by atoms with van der Waals surface area (Å²) in [6, 6.07) is 7.63. The monoisotopic (exact) mass is 262 g/mol. The molecule has 94 valence electrons. The second-order valence-corrected chi connectivity index (χ2v) is 4.98. The fraction of sp³-hybridized carbons (Fsp3) is 0.357. The van der Waals surface area contributed by atoms with E-state index in [9.17, 15) is 0 Å². The third kappa shape index (κ3) is 2.28. The van der Waals surface area contributed by atoms with E-state index in [0.717, 1.165) is 37.3 Å². The number of nitrogens with zero attached hydrogens (tertiary/aromatic N) is 1. The Morgan fingerprint density at radius 1 is 1.22 bits per heavy atom. The molecular weight excluding hydrogens is 248 g/mol. The Bertz CT molecular complexity index is 532. The van der Waals surface area contributed by atoms with Crippen LogP contribution < -0.4 is 5.32 Å². The summed E-state index contributed by atoms with van der Waals surface area (Å²) < 4.78 is 5.87. The Kier molecular flexibility index (Phi) is 3.35. The van der Waals surface area contributed by atoms with Gasteiger partial charge in [-0.1, -0.05) is 23.7 Å². The highest BCUT2D eigenvalue weighted by Gasteiger charge is 2.20. The van der Waals surface area contributed by atoms with Crippen LogP contribution in [0, 0.1) is 0 Å². The molecule has 2 aromatic rings. The van der Waals surface area contributed by atoms with Crippen LogP contribution in [0.1, 0.15) is 24.5 Å². The van der Waals surface area contributed by atoms with Gasteiger partial charge in [0.05, 0.1) is 16.8 Å². The zero-order valence-electron chi connectivity index (χ0n) is 10.0. The molecule has 18 heavy (non-hydrogen) atoms. The largest absolute Gasteiger partial charge is 0.441 e. The molecule has 1 fully saturated rings. The lowest BCUT2D eigenvalue weighted by Gasteiger charge is -2.19. The maximum absolute atomic E-state index is 6.14. The van der Waals surface area contributed by atoms with Crippen LogP contribution in [0.4, 0.5) is 0 Å². The Morgan fingerprint density at radius 3 is 2.78 bits per heavy atom. The van der Waals surface area contributed by atoms with Gasteiger partial charge in [0.2, 0.25) is 5.89 Å². The molecule has 0 saturated carbocycles. The van der Waals surface area contributed by atoms with E-state index in [2.05, 4.69) is 10.3 Å². The summed E-state index contributed by atoms with van der Waals surface area (Å²) >= 11 is 6.14. The van der Waals surface area contributed by atoms with Crippen LogP contribution in [0.15, 0.2) is 34.9 Å². The number of hydrogen-bond donors (Lipinski definition) is 1. The van der Waals surface area contributed by atoms with Gasteiger partial charge in [0.15, 0.2) is 0 Å². The fourth-order valence-electron chi connectivity index (χ4n) is 2.34. The summed E-state index contributed by atoms with van der Waals surface area (Å²) in [7, 11) is 0. The summed E-state index contributed by atoms with van der Waals surface area (Å²) in [5, 5.41) is 4.03. The van der Waals surface area contributed by atoms with Crippen molar-refractivity contribution in [3.05, 3.63) is 41.2 Å². The van der Waals surface area contributed by atoms with E-state index in [0.29, 0.717) is 16.8 Å². The molecule has 0 radical (unpaired) electrons. The summed E-state index contributed by atoms with van der Waals surface area (Å²) in [5.74, 6) is 2.08. The molecule has 1 saturated heterocycles. The number of benzene rings is 1. The Hall–Kier alpha value is -1.32. The molecule has 2 heterocycles. The van der Waals surface area contributed by atoms with Crippen LogP contribution in [-0.2, 0) is 0 Å². The van der Waals surface area contributed by atoms with E-state index in [1.54, 1.807) is 0 Å². The first-order valence-corrected chi connectivity index (χ1v) is 6.64. The van der Waals surface area contributed by atoms with Crippen molar-refractivity contribution in [2.24, 2.45) is 0 Å². The van der Waals surface area contributed by atoms with Gasteiger partial charge in [-0.05, 0) is 38.1 Å². The van der Waals surface area contributed by atoms with Crippen molar-refractivity contribution >= 4 is 11.6 Å². The maximum Gasteiger partial charge on any atom is 0.227 e. The lowest BCUT2D eigenvalue weighted by molar-refractivity contribution is 0.390. The van der Waals surface area contributed by atoms with Crippen LogP contribution in [0.5, 0.6) is 0 Å². The van der Waals surface area contributed by atoms with Crippen LogP contribution in [-0.4, -0.2) is 18.1 Å². The third-order valence-corrected chi connectivity index (χ3v) is 3.70. The van der Waals surface area contributed by atoms with Gasteiger partial charge in [-0.2, -0.15) is 0 Å². The van der Waals surface area contributed by atoms with Crippen molar-refractivity contribution in [3.63, 3.8) is 0 Å². The smallest absolute Gasteiger partial charge is 0.227 e. The number of oxazole rings is 1. The molecule has 1 aliphatic heterocycles. The molecule has 3 nitrogen and oxygen atoms in total. The molecular formula is C14H15ClN2O. The van der Waals surface area contributed by atoms with Gasteiger partial charge in [-0.3, -0.25) is 0 Å². The molecule has 1 aromatic carbocycles. The first kappa shape index (κ1) is 11.8. The fourth-order valence-corrected chi connectivity index (χ4v) is 2.56. The van der Waals surface area contributed by atoms with Crippen molar-refractivity contribution in [2.75, 3.05) is 13.1 Å². The van der Waals surface area contributed by atoms with Gasteiger partial charge in [0.25, 0.3) is 0 Å². The van der Waals surface area contributed by atoms with Gasteiger partial charge in [-0.25, -0.2) is 4.98 Å². The predicted octanol–water partition coefficient (Wildman–Crippen LogP) is 3.46. The van der Waals surface area contributed by atoms with Crippen LogP contribution in [0.25, 0.3) is 11.5 Å². The molecule has 1 N–H and O–H groups in total. The second-order valence-electron chi connectivity index (χ2n) is 4.57. The number of aromatic nitrogens is 1. The van der Waals surface area contributed by atoms with E-state index in [4.69, 9.17) is 16.0 Å². The summed E-state index contributed by atoms with van der Waals surface area (Å²) in [6.45, 7) is 2.10. The topological polar surface area (TPSA) is 38.1 Å². The van der Waals surface area contributed by atoms with Crippen molar-refractivity contribution in [2.45, 2.75) is 18.8 Å².